The van der Waals surface area contributed by atoms with Gasteiger partial charge >= 0.3 is 0 Å². The predicted octanol–water partition coefficient (Wildman–Crippen LogP) is 2.25. The van der Waals surface area contributed by atoms with Crippen molar-refractivity contribution in [3.05, 3.63) is 29.6 Å². The third kappa shape index (κ3) is 2.56. The zero-order chi connectivity index (χ0) is 12.3. The van der Waals surface area contributed by atoms with E-state index in [-0.39, 0.29) is 11.6 Å². The molecular weight excluding hydrogens is 217 g/mol. The summed E-state index contributed by atoms with van der Waals surface area (Å²) in [4.78, 5) is 0. The Bertz CT molecular complexity index is 439. The lowest BCUT2D eigenvalue weighted by Crippen LogP contribution is -2.46. The van der Waals surface area contributed by atoms with E-state index < -0.39 is 5.82 Å². The Balaban J connectivity index is 2.18. The van der Waals surface area contributed by atoms with Crippen LogP contribution in [0.4, 0.5) is 10.1 Å². The van der Waals surface area contributed by atoms with E-state index >= 15 is 0 Å². The fraction of sp³-hybridized carbons (Fsp3) is 0.462. The lowest BCUT2D eigenvalue weighted by atomic mass is 9.99. The number of nitriles is 1. The standard InChI is InChI=1S/C13H16FN3/c1-9-12(6-3-7-16-9)17-13-5-2-4-11(14)10(13)8-15/h2,4-5,9,12,16-17H,3,6-7H2,1H3. The predicted molar refractivity (Wildman–Crippen MR) is 65.2 cm³/mol. The van der Waals surface area contributed by atoms with Crippen LogP contribution in [0, 0.1) is 17.1 Å². The number of rotatable bonds is 2. The molecule has 1 fully saturated rings. The Hall–Kier alpha value is -1.60. The quantitative estimate of drug-likeness (QED) is 0.823. The molecule has 2 unspecified atom stereocenters. The molecule has 0 aliphatic carbocycles. The van der Waals surface area contributed by atoms with Gasteiger partial charge in [0.15, 0.2) is 0 Å². The maximum absolute atomic E-state index is 13.4. The van der Waals surface area contributed by atoms with Crippen LogP contribution in [0.3, 0.4) is 0 Å². The monoisotopic (exact) mass is 233 g/mol. The Labute approximate surface area is 101 Å². The first-order valence-electron chi connectivity index (χ1n) is 5.91. The highest BCUT2D eigenvalue weighted by Crippen LogP contribution is 2.21. The molecule has 1 heterocycles. The molecule has 4 heteroatoms. The van der Waals surface area contributed by atoms with Crippen molar-refractivity contribution in [1.82, 2.24) is 5.32 Å². The fourth-order valence-corrected chi connectivity index (χ4v) is 2.20. The molecule has 1 aliphatic heterocycles. The highest BCUT2D eigenvalue weighted by atomic mass is 19.1. The van der Waals surface area contributed by atoms with Gasteiger partial charge in [-0.2, -0.15) is 5.26 Å². The van der Waals surface area contributed by atoms with E-state index in [0.717, 1.165) is 19.4 Å². The molecule has 0 bridgehead atoms. The summed E-state index contributed by atoms with van der Waals surface area (Å²) in [5.41, 5.74) is 0.693. The number of nitrogens with one attached hydrogen (secondary N) is 2. The van der Waals surface area contributed by atoms with Crippen molar-refractivity contribution in [1.29, 1.82) is 5.26 Å². The third-order valence-electron chi connectivity index (χ3n) is 3.23. The molecule has 1 aromatic carbocycles. The number of hydrogen-bond donors (Lipinski definition) is 2. The van der Waals surface area contributed by atoms with Crippen LogP contribution in [-0.2, 0) is 0 Å². The molecule has 2 atom stereocenters. The van der Waals surface area contributed by atoms with Gasteiger partial charge in [-0.25, -0.2) is 4.39 Å². The average molecular weight is 233 g/mol. The molecule has 0 amide bonds. The summed E-state index contributed by atoms with van der Waals surface area (Å²) >= 11 is 0. The minimum atomic E-state index is -0.464. The number of anilines is 1. The van der Waals surface area contributed by atoms with E-state index in [2.05, 4.69) is 17.6 Å². The number of hydrogen-bond acceptors (Lipinski definition) is 3. The van der Waals surface area contributed by atoms with Gasteiger partial charge in [-0.1, -0.05) is 6.07 Å². The van der Waals surface area contributed by atoms with E-state index in [1.54, 1.807) is 12.1 Å². The van der Waals surface area contributed by atoms with Gasteiger partial charge in [-0.05, 0) is 38.4 Å². The first-order chi connectivity index (χ1) is 8.22. The summed E-state index contributed by atoms with van der Waals surface area (Å²) < 4.78 is 13.4. The molecule has 0 saturated carbocycles. The summed E-state index contributed by atoms with van der Waals surface area (Å²) in [6, 6.07) is 7.18. The Morgan fingerprint density at radius 1 is 1.53 bits per heavy atom. The summed E-state index contributed by atoms with van der Waals surface area (Å²) in [6.45, 7) is 3.12. The van der Waals surface area contributed by atoms with Crippen LogP contribution in [0.2, 0.25) is 0 Å². The van der Waals surface area contributed by atoms with Crippen molar-refractivity contribution >= 4 is 5.69 Å². The van der Waals surface area contributed by atoms with Crippen LogP contribution in [0.5, 0.6) is 0 Å². The van der Waals surface area contributed by atoms with Gasteiger partial charge in [-0.3, -0.25) is 0 Å². The van der Waals surface area contributed by atoms with Gasteiger partial charge in [0, 0.05) is 12.1 Å². The summed E-state index contributed by atoms with van der Waals surface area (Å²) in [5.74, 6) is -0.464. The number of nitrogens with zero attached hydrogens (tertiary/aromatic N) is 1. The molecule has 0 radical (unpaired) electrons. The van der Waals surface area contributed by atoms with Gasteiger partial charge in [-0.15, -0.1) is 0 Å². The van der Waals surface area contributed by atoms with E-state index in [0.29, 0.717) is 11.7 Å². The number of halogens is 1. The van der Waals surface area contributed by atoms with Gasteiger partial charge in [0.05, 0.1) is 5.69 Å². The Kier molecular flexibility index (Phi) is 3.60. The van der Waals surface area contributed by atoms with Crippen molar-refractivity contribution in [2.24, 2.45) is 0 Å². The summed E-state index contributed by atoms with van der Waals surface area (Å²) in [6.07, 6.45) is 2.13. The molecule has 2 rings (SSSR count). The highest BCUT2D eigenvalue weighted by Gasteiger charge is 2.21. The van der Waals surface area contributed by atoms with Crippen molar-refractivity contribution in [3.8, 4) is 6.07 Å². The molecule has 90 valence electrons. The zero-order valence-corrected chi connectivity index (χ0v) is 9.83. The number of piperidine rings is 1. The van der Waals surface area contributed by atoms with Crippen LogP contribution in [0.15, 0.2) is 18.2 Å². The Morgan fingerprint density at radius 3 is 3.06 bits per heavy atom. The van der Waals surface area contributed by atoms with Crippen LogP contribution < -0.4 is 10.6 Å². The van der Waals surface area contributed by atoms with E-state index in [4.69, 9.17) is 5.26 Å². The Morgan fingerprint density at radius 2 is 2.35 bits per heavy atom. The molecule has 17 heavy (non-hydrogen) atoms. The van der Waals surface area contributed by atoms with Gasteiger partial charge in [0.25, 0.3) is 0 Å². The average Bonchev–Trinajstić information content (AvgIpc) is 2.32. The largest absolute Gasteiger partial charge is 0.380 e. The lowest BCUT2D eigenvalue weighted by molar-refractivity contribution is 0.389. The third-order valence-corrected chi connectivity index (χ3v) is 3.23. The maximum atomic E-state index is 13.4. The smallest absolute Gasteiger partial charge is 0.143 e. The van der Waals surface area contributed by atoms with Crippen LogP contribution in [0.1, 0.15) is 25.3 Å². The first-order valence-corrected chi connectivity index (χ1v) is 5.91. The summed E-state index contributed by atoms with van der Waals surface area (Å²) in [5, 5.41) is 15.6. The highest BCUT2D eigenvalue weighted by molar-refractivity contribution is 5.58. The zero-order valence-electron chi connectivity index (χ0n) is 9.83. The van der Waals surface area contributed by atoms with Crippen LogP contribution >= 0.6 is 0 Å². The molecule has 1 aromatic rings. The maximum Gasteiger partial charge on any atom is 0.143 e. The van der Waals surface area contributed by atoms with Gasteiger partial charge in [0.2, 0.25) is 0 Å². The minimum absolute atomic E-state index is 0.102. The SMILES string of the molecule is CC1NCCCC1Nc1cccc(F)c1C#N. The van der Waals surface area contributed by atoms with Crippen molar-refractivity contribution in [3.63, 3.8) is 0 Å². The van der Waals surface area contributed by atoms with Gasteiger partial charge in [0.1, 0.15) is 17.4 Å². The second-order valence-corrected chi connectivity index (χ2v) is 4.41. The van der Waals surface area contributed by atoms with E-state index in [9.17, 15) is 4.39 Å². The molecular formula is C13H16FN3. The first kappa shape index (κ1) is 11.9. The lowest BCUT2D eigenvalue weighted by Gasteiger charge is -2.31. The van der Waals surface area contributed by atoms with Crippen LogP contribution in [0.25, 0.3) is 0 Å². The molecule has 1 aliphatic rings. The van der Waals surface area contributed by atoms with Crippen molar-refractivity contribution < 1.29 is 4.39 Å². The summed E-state index contributed by atoms with van der Waals surface area (Å²) in [7, 11) is 0. The van der Waals surface area contributed by atoms with E-state index in [1.807, 2.05) is 6.07 Å². The molecule has 0 spiro atoms. The minimum Gasteiger partial charge on any atom is -0.380 e. The molecule has 0 aromatic heterocycles. The number of benzene rings is 1. The fourth-order valence-electron chi connectivity index (χ4n) is 2.20. The van der Waals surface area contributed by atoms with Crippen molar-refractivity contribution in [2.45, 2.75) is 31.8 Å². The van der Waals surface area contributed by atoms with Crippen molar-refractivity contribution in [2.75, 3.05) is 11.9 Å². The van der Waals surface area contributed by atoms with Gasteiger partial charge < -0.3 is 10.6 Å². The molecule has 2 N–H and O–H groups in total. The van der Waals surface area contributed by atoms with E-state index in [1.165, 1.54) is 6.07 Å². The normalized spacial score (nSPS) is 24.1. The molecule has 3 nitrogen and oxygen atoms in total. The molecule has 1 saturated heterocycles. The topological polar surface area (TPSA) is 47.8 Å². The second-order valence-electron chi connectivity index (χ2n) is 4.41. The van der Waals surface area contributed by atoms with Crippen LogP contribution in [-0.4, -0.2) is 18.6 Å². The second kappa shape index (κ2) is 5.15.